The molecule has 0 aliphatic heterocycles. The van der Waals surface area contributed by atoms with Gasteiger partial charge in [-0.05, 0) is 61.0 Å². The summed E-state index contributed by atoms with van der Waals surface area (Å²) in [6.45, 7) is 2.18. The van der Waals surface area contributed by atoms with Gasteiger partial charge in [0, 0.05) is 7.05 Å². The third-order valence-electron chi connectivity index (χ3n) is 5.00. The molecule has 0 radical (unpaired) electrons. The van der Waals surface area contributed by atoms with E-state index in [1.807, 2.05) is 37.3 Å². The van der Waals surface area contributed by atoms with E-state index in [4.69, 9.17) is 14.3 Å². The topological polar surface area (TPSA) is 57.9 Å². The molecule has 1 heterocycles. The van der Waals surface area contributed by atoms with Crippen LogP contribution in [0.1, 0.15) is 22.4 Å². The third kappa shape index (κ3) is 6.20. The van der Waals surface area contributed by atoms with Gasteiger partial charge in [-0.2, -0.15) is 18.3 Å². The Balaban J connectivity index is 1.40. The van der Waals surface area contributed by atoms with Crippen molar-refractivity contribution < 1.29 is 27.5 Å². The number of oxime groups is 1. The zero-order valence-electron chi connectivity index (χ0n) is 19.0. The van der Waals surface area contributed by atoms with Crippen LogP contribution in [0, 0.1) is 6.92 Å². The van der Waals surface area contributed by atoms with Gasteiger partial charge in [0.15, 0.2) is 0 Å². The molecular formula is C26H22F3N3O3. The van der Waals surface area contributed by atoms with E-state index < -0.39 is 11.7 Å². The molecule has 0 bridgehead atoms. The molecule has 0 atom stereocenters. The Kier molecular flexibility index (Phi) is 7.05. The zero-order chi connectivity index (χ0) is 24.8. The molecule has 0 saturated carbocycles. The second-order valence-corrected chi connectivity index (χ2v) is 7.62. The molecule has 0 amide bonds. The highest BCUT2D eigenvalue weighted by molar-refractivity contribution is 5.84. The van der Waals surface area contributed by atoms with E-state index in [2.05, 4.69) is 10.3 Å². The summed E-state index contributed by atoms with van der Waals surface area (Å²) in [5, 5.41) is 8.43. The maximum absolute atomic E-state index is 12.7. The molecular weight excluding hydrogens is 459 g/mol. The Morgan fingerprint density at radius 3 is 2.03 bits per heavy atom. The van der Waals surface area contributed by atoms with Crippen molar-refractivity contribution in [3.05, 3.63) is 101 Å². The quantitative estimate of drug-likeness (QED) is 0.203. The minimum atomic E-state index is -4.39. The maximum Gasteiger partial charge on any atom is 0.416 e. The number of benzene rings is 3. The van der Waals surface area contributed by atoms with Crippen molar-refractivity contribution >= 4 is 6.21 Å². The summed E-state index contributed by atoms with van der Waals surface area (Å²) in [5.74, 6) is 1.75. The molecule has 1 aromatic heterocycles. The summed E-state index contributed by atoms with van der Waals surface area (Å²) < 4.78 is 51.4. The fraction of sp³-hybridized carbons (Fsp3) is 0.154. The predicted octanol–water partition coefficient (Wildman–Crippen LogP) is 6.88. The van der Waals surface area contributed by atoms with Gasteiger partial charge in [0.1, 0.15) is 23.9 Å². The van der Waals surface area contributed by atoms with Crippen LogP contribution >= 0.6 is 0 Å². The Labute approximate surface area is 200 Å². The Morgan fingerprint density at radius 1 is 0.857 bits per heavy atom. The summed E-state index contributed by atoms with van der Waals surface area (Å²) in [7, 11) is 1.76. The number of rotatable bonds is 8. The number of aromatic nitrogens is 2. The smallest absolute Gasteiger partial charge is 0.416 e. The summed E-state index contributed by atoms with van der Waals surface area (Å²) in [4.78, 5) is 5.39. The first-order chi connectivity index (χ1) is 16.8. The number of halogens is 3. The van der Waals surface area contributed by atoms with Gasteiger partial charge in [-0.3, -0.25) is 0 Å². The molecule has 35 heavy (non-hydrogen) atoms. The molecule has 0 unspecified atom stereocenters. The predicted molar refractivity (Wildman–Crippen MR) is 125 cm³/mol. The lowest BCUT2D eigenvalue weighted by atomic mass is 10.2. The number of alkyl halides is 3. The Morgan fingerprint density at radius 2 is 1.43 bits per heavy atom. The molecule has 0 aliphatic rings. The lowest BCUT2D eigenvalue weighted by Gasteiger charge is -2.10. The van der Waals surface area contributed by atoms with Crippen LogP contribution in [0.5, 0.6) is 23.1 Å². The molecule has 3 aromatic carbocycles. The summed E-state index contributed by atoms with van der Waals surface area (Å²) in [6, 6.07) is 20.9. The number of hydrogen-bond donors (Lipinski definition) is 0. The number of hydrogen-bond acceptors (Lipinski definition) is 5. The molecule has 0 fully saturated rings. The highest BCUT2D eigenvalue weighted by Gasteiger charge is 2.30. The van der Waals surface area contributed by atoms with Crippen molar-refractivity contribution in [2.24, 2.45) is 12.2 Å². The Bertz CT molecular complexity index is 1280. The van der Waals surface area contributed by atoms with Crippen LogP contribution in [0.25, 0.3) is 0 Å². The fourth-order valence-corrected chi connectivity index (χ4v) is 3.23. The van der Waals surface area contributed by atoms with Gasteiger partial charge in [-0.25, -0.2) is 4.68 Å². The number of ether oxygens (including phenoxy) is 2. The van der Waals surface area contributed by atoms with E-state index in [1.165, 1.54) is 12.1 Å². The standard InChI is InChI=1S/C26H22F3N3O3/c1-18-24(16-30-33-17-19-6-4-3-5-7-19)25(32(2)31-18)35-23-14-12-22(13-15-23)34-21-10-8-20(9-11-21)26(27,28)29/h3-16H,17H2,1-2H3/b30-16-. The van der Waals surface area contributed by atoms with Crippen molar-refractivity contribution in [3.8, 4) is 23.1 Å². The first-order valence-electron chi connectivity index (χ1n) is 10.7. The van der Waals surface area contributed by atoms with Gasteiger partial charge in [-0.1, -0.05) is 35.5 Å². The van der Waals surface area contributed by atoms with Crippen LogP contribution in [0.15, 0.2) is 84.0 Å². The van der Waals surface area contributed by atoms with E-state index in [0.29, 0.717) is 35.3 Å². The second-order valence-electron chi connectivity index (χ2n) is 7.62. The molecule has 0 N–H and O–H groups in total. The molecule has 0 saturated heterocycles. The maximum atomic E-state index is 12.7. The molecule has 0 spiro atoms. The van der Waals surface area contributed by atoms with E-state index in [9.17, 15) is 13.2 Å². The fourth-order valence-electron chi connectivity index (χ4n) is 3.23. The molecule has 0 aliphatic carbocycles. The highest BCUT2D eigenvalue weighted by Crippen LogP contribution is 2.32. The molecule has 4 rings (SSSR count). The van der Waals surface area contributed by atoms with Gasteiger partial charge in [0.2, 0.25) is 5.88 Å². The number of nitrogens with zero attached hydrogens (tertiary/aromatic N) is 3. The molecule has 180 valence electrons. The molecule has 6 nitrogen and oxygen atoms in total. The first kappa shape index (κ1) is 23.9. The van der Waals surface area contributed by atoms with Crippen LogP contribution in [0.3, 0.4) is 0 Å². The van der Waals surface area contributed by atoms with Crippen molar-refractivity contribution in [3.63, 3.8) is 0 Å². The average Bonchev–Trinajstić information content (AvgIpc) is 3.10. The van der Waals surface area contributed by atoms with Crippen LogP contribution in [0.2, 0.25) is 0 Å². The summed E-state index contributed by atoms with van der Waals surface area (Å²) >= 11 is 0. The van der Waals surface area contributed by atoms with E-state index >= 15 is 0 Å². The van der Waals surface area contributed by atoms with Crippen molar-refractivity contribution in [1.82, 2.24) is 9.78 Å². The average molecular weight is 481 g/mol. The van der Waals surface area contributed by atoms with E-state index in [-0.39, 0.29) is 0 Å². The summed E-state index contributed by atoms with van der Waals surface area (Å²) in [5.41, 5.74) is 1.66. The van der Waals surface area contributed by atoms with Crippen molar-refractivity contribution in [1.29, 1.82) is 0 Å². The minimum absolute atomic E-state index is 0.294. The van der Waals surface area contributed by atoms with Gasteiger partial charge in [0.25, 0.3) is 0 Å². The van der Waals surface area contributed by atoms with E-state index in [1.54, 1.807) is 42.2 Å². The number of aryl methyl sites for hydroxylation is 2. The van der Waals surface area contributed by atoms with Crippen LogP contribution < -0.4 is 9.47 Å². The zero-order valence-corrected chi connectivity index (χ0v) is 19.0. The van der Waals surface area contributed by atoms with Gasteiger partial charge in [0.05, 0.1) is 23.0 Å². The van der Waals surface area contributed by atoms with Gasteiger partial charge < -0.3 is 14.3 Å². The lowest BCUT2D eigenvalue weighted by Crippen LogP contribution is -2.03. The van der Waals surface area contributed by atoms with Crippen LogP contribution in [0.4, 0.5) is 13.2 Å². The minimum Gasteiger partial charge on any atom is -0.457 e. The van der Waals surface area contributed by atoms with Crippen LogP contribution in [-0.2, 0) is 24.7 Å². The van der Waals surface area contributed by atoms with Crippen molar-refractivity contribution in [2.75, 3.05) is 0 Å². The van der Waals surface area contributed by atoms with E-state index in [0.717, 1.165) is 23.4 Å². The highest BCUT2D eigenvalue weighted by atomic mass is 19.4. The Hall–Kier alpha value is -4.27. The lowest BCUT2D eigenvalue weighted by molar-refractivity contribution is -0.137. The summed E-state index contributed by atoms with van der Waals surface area (Å²) in [6.07, 6.45) is -2.83. The van der Waals surface area contributed by atoms with Crippen molar-refractivity contribution in [2.45, 2.75) is 19.7 Å². The van der Waals surface area contributed by atoms with Gasteiger partial charge >= 0.3 is 6.18 Å². The second kappa shape index (κ2) is 10.3. The van der Waals surface area contributed by atoms with Gasteiger partial charge in [-0.15, -0.1) is 0 Å². The third-order valence-corrected chi connectivity index (χ3v) is 5.00. The monoisotopic (exact) mass is 481 g/mol. The normalized spacial score (nSPS) is 11.6. The van der Waals surface area contributed by atoms with Crippen LogP contribution in [-0.4, -0.2) is 16.0 Å². The molecule has 9 heteroatoms. The molecule has 4 aromatic rings. The SMILES string of the molecule is Cc1nn(C)c(Oc2ccc(Oc3ccc(C(F)(F)F)cc3)cc2)c1/C=N\OCc1ccccc1. The first-order valence-corrected chi connectivity index (χ1v) is 10.7. The largest absolute Gasteiger partial charge is 0.457 e.